The molecule has 112 valence electrons. The van der Waals surface area contributed by atoms with Crippen molar-refractivity contribution in [2.24, 2.45) is 0 Å². The van der Waals surface area contributed by atoms with Gasteiger partial charge in [-0.15, -0.1) is 0 Å². The normalized spacial score (nSPS) is 21.5. The molecule has 2 N–H and O–H groups in total. The van der Waals surface area contributed by atoms with E-state index >= 15 is 0 Å². The van der Waals surface area contributed by atoms with Gasteiger partial charge in [-0.2, -0.15) is 0 Å². The van der Waals surface area contributed by atoms with Crippen LogP contribution in [0.1, 0.15) is 24.4 Å². The fraction of sp³-hybridized carbons (Fsp3) is 0.429. The first-order valence-electron chi connectivity index (χ1n) is 6.66. The largest absolute Gasteiger partial charge is 0.493 e. The number of amides is 2. The van der Waals surface area contributed by atoms with Crippen molar-refractivity contribution in [3.05, 3.63) is 22.7 Å². The third-order valence-corrected chi connectivity index (χ3v) is 4.17. The summed E-state index contributed by atoms with van der Waals surface area (Å²) < 4.78 is 10.5. The van der Waals surface area contributed by atoms with Crippen molar-refractivity contribution >= 4 is 23.5 Å². The van der Waals surface area contributed by atoms with E-state index in [1.807, 2.05) is 0 Å². The predicted octanol–water partition coefficient (Wildman–Crippen LogP) is 2.56. The molecule has 1 saturated heterocycles. The lowest BCUT2D eigenvalue weighted by Gasteiger charge is -2.24. The molecule has 1 aliphatic carbocycles. The van der Waals surface area contributed by atoms with E-state index in [1.54, 1.807) is 17.0 Å². The molecule has 7 heteroatoms. The first-order valence-corrected chi connectivity index (χ1v) is 7.04. The SMILES string of the molecule is COc1ccc(C2C(=N)NC(=O)N2C2CC2)c(Cl)c1OC. The van der Waals surface area contributed by atoms with Gasteiger partial charge in [-0.05, 0) is 18.9 Å². The molecule has 1 aromatic carbocycles. The van der Waals surface area contributed by atoms with Crippen molar-refractivity contribution in [2.45, 2.75) is 24.9 Å². The third kappa shape index (κ3) is 2.19. The number of amidine groups is 1. The zero-order chi connectivity index (χ0) is 15.1. The Balaban J connectivity index is 2.06. The van der Waals surface area contributed by atoms with Crippen molar-refractivity contribution in [1.82, 2.24) is 10.2 Å². The van der Waals surface area contributed by atoms with Crippen LogP contribution in [0, 0.1) is 5.41 Å². The molecule has 2 amide bonds. The number of rotatable bonds is 4. The van der Waals surface area contributed by atoms with Gasteiger partial charge in [0.05, 0.1) is 19.2 Å². The van der Waals surface area contributed by atoms with Crippen molar-refractivity contribution < 1.29 is 14.3 Å². The second kappa shape index (κ2) is 5.11. The number of ether oxygens (including phenoxy) is 2. The number of methoxy groups -OCH3 is 2. The van der Waals surface area contributed by atoms with Gasteiger partial charge in [-0.25, -0.2) is 4.79 Å². The van der Waals surface area contributed by atoms with Gasteiger partial charge in [0.2, 0.25) is 0 Å². The highest BCUT2D eigenvalue weighted by Crippen LogP contribution is 2.44. The second-order valence-corrected chi connectivity index (χ2v) is 5.47. The van der Waals surface area contributed by atoms with Gasteiger partial charge < -0.3 is 14.4 Å². The first-order chi connectivity index (χ1) is 10.1. The lowest BCUT2D eigenvalue weighted by atomic mass is 10.0. The summed E-state index contributed by atoms with van der Waals surface area (Å²) in [6.07, 6.45) is 1.92. The summed E-state index contributed by atoms with van der Waals surface area (Å²) in [7, 11) is 3.04. The highest BCUT2D eigenvalue weighted by Gasteiger charge is 2.46. The Morgan fingerprint density at radius 2 is 2.05 bits per heavy atom. The molecule has 0 bridgehead atoms. The fourth-order valence-electron chi connectivity index (χ4n) is 2.65. The van der Waals surface area contributed by atoms with Crippen LogP contribution in [-0.4, -0.2) is 37.0 Å². The summed E-state index contributed by atoms with van der Waals surface area (Å²) in [6, 6.07) is 2.97. The summed E-state index contributed by atoms with van der Waals surface area (Å²) in [5.74, 6) is 1.08. The summed E-state index contributed by atoms with van der Waals surface area (Å²) >= 11 is 6.41. The summed E-state index contributed by atoms with van der Waals surface area (Å²) in [6.45, 7) is 0. The average molecular weight is 310 g/mol. The molecule has 1 aromatic rings. The average Bonchev–Trinajstić information content (AvgIpc) is 3.24. The third-order valence-electron chi connectivity index (χ3n) is 3.78. The van der Waals surface area contributed by atoms with Crippen molar-refractivity contribution in [3.8, 4) is 11.5 Å². The number of nitrogens with zero attached hydrogens (tertiary/aromatic N) is 1. The Kier molecular flexibility index (Phi) is 3.41. The van der Waals surface area contributed by atoms with Gasteiger partial charge in [-0.3, -0.25) is 10.7 Å². The summed E-state index contributed by atoms with van der Waals surface area (Å²) in [4.78, 5) is 13.7. The maximum absolute atomic E-state index is 12.0. The van der Waals surface area contributed by atoms with E-state index in [-0.39, 0.29) is 17.9 Å². The molecular formula is C14H16ClN3O3. The summed E-state index contributed by atoms with van der Waals surface area (Å²) in [5.41, 5.74) is 0.671. The molecule has 1 aliphatic heterocycles. The Labute approximate surface area is 127 Å². The molecule has 0 spiro atoms. The Morgan fingerprint density at radius 1 is 1.33 bits per heavy atom. The number of carbonyl (C=O) groups is 1. The van der Waals surface area contributed by atoms with Gasteiger partial charge in [-0.1, -0.05) is 17.7 Å². The zero-order valence-electron chi connectivity index (χ0n) is 11.8. The highest BCUT2D eigenvalue weighted by atomic mass is 35.5. The molecule has 0 aromatic heterocycles. The van der Waals surface area contributed by atoms with Gasteiger partial charge in [0, 0.05) is 11.6 Å². The fourth-order valence-corrected chi connectivity index (χ4v) is 2.99. The highest BCUT2D eigenvalue weighted by molar-refractivity contribution is 6.33. The molecule has 1 saturated carbocycles. The minimum Gasteiger partial charge on any atom is -0.493 e. The van der Waals surface area contributed by atoms with Crippen LogP contribution in [0.5, 0.6) is 11.5 Å². The molecule has 1 atom stereocenters. The van der Waals surface area contributed by atoms with E-state index in [0.717, 1.165) is 12.8 Å². The molecule has 1 heterocycles. The van der Waals surface area contributed by atoms with E-state index in [0.29, 0.717) is 22.1 Å². The first kappa shape index (κ1) is 14.0. The molecule has 2 fully saturated rings. The van der Waals surface area contributed by atoms with Crippen LogP contribution in [0.3, 0.4) is 0 Å². The van der Waals surface area contributed by atoms with Gasteiger partial charge in [0.1, 0.15) is 11.9 Å². The number of hydrogen-bond donors (Lipinski definition) is 2. The molecular weight excluding hydrogens is 294 g/mol. The number of carbonyl (C=O) groups excluding carboxylic acids is 1. The van der Waals surface area contributed by atoms with Crippen LogP contribution in [0.15, 0.2) is 12.1 Å². The summed E-state index contributed by atoms with van der Waals surface area (Å²) in [5, 5.41) is 11.0. The Bertz CT molecular complexity index is 616. The quantitative estimate of drug-likeness (QED) is 0.897. The van der Waals surface area contributed by atoms with E-state index in [2.05, 4.69) is 5.32 Å². The van der Waals surface area contributed by atoms with E-state index in [4.69, 9.17) is 26.5 Å². The maximum atomic E-state index is 12.0. The Morgan fingerprint density at radius 3 is 2.62 bits per heavy atom. The number of nitrogens with one attached hydrogen (secondary N) is 2. The van der Waals surface area contributed by atoms with Crippen LogP contribution in [-0.2, 0) is 0 Å². The van der Waals surface area contributed by atoms with Crippen LogP contribution in [0.2, 0.25) is 5.02 Å². The van der Waals surface area contributed by atoms with Gasteiger partial charge >= 0.3 is 6.03 Å². The molecule has 2 aliphatic rings. The molecule has 3 rings (SSSR count). The predicted molar refractivity (Wildman–Crippen MR) is 78.4 cm³/mol. The molecule has 6 nitrogen and oxygen atoms in total. The minimum atomic E-state index is -0.489. The van der Waals surface area contributed by atoms with Gasteiger partial charge in [0.15, 0.2) is 11.5 Å². The lowest BCUT2D eigenvalue weighted by Crippen LogP contribution is -2.32. The number of benzene rings is 1. The minimum absolute atomic E-state index is 0.140. The van der Waals surface area contributed by atoms with Crippen molar-refractivity contribution in [1.29, 1.82) is 5.41 Å². The van der Waals surface area contributed by atoms with Crippen LogP contribution < -0.4 is 14.8 Å². The molecule has 21 heavy (non-hydrogen) atoms. The lowest BCUT2D eigenvalue weighted by molar-refractivity contribution is 0.202. The maximum Gasteiger partial charge on any atom is 0.323 e. The monoisotopic (exact) mass is 309 g/mol. The van der Waals surface area contributed by atoms with E-state index in [9.17, 15) is 4.79 Å². The standard InChI is InChI=1S/C14H16ClN3O3/c1-20-9-6-5-8(10(15)12(9)21-2)11-13(16)17-14(19)18(11)7-3-4-7/h5-7,11H,3-4H2,1-2H3,(H2,16,17,19). The van der Waals surface area contributed by atoms with Crippen LogP contribution >= 0.6 is 11.6 Å². The van der Waals surface area contributed by atoms with E-state index < -0.39 is 6.04 Å². The number of halogens is 1. The van der Waals surface area contributed by atoms with Crippen LogP contribution in [0.25, 0.3) is 0 Å². The topological polar surface area (TPSA) is 74.7 Å². The van der Waals surface area contributed by atoms with Crippen LogP contribution in [0.4, 0.5) is 4.79 Å². The molecule has 1 unspecified atom stereocenters. The smallest absolute Gasteiger partial charge is 0.323 e. The van der Waals surface area contributed by atoms with Crippen molar-refractivity contribution in [3.63, 3.8) is 0 Å². The number of hydrogen-bond acceptors (Lipinski definition) is 4. The van der Waals surface area contributed by atoms with Crippen molar-refractivity contribution in [2.75, 3.05) is 14.2 Å². The second-order valence-electron chi connectivity index (χ2n) is 5.09. The van der Waals surface area contributed by atoms with Gasteiger partial charge in [0.25, 0.3) is 0 Å². The van der Waals surface area contributed by atoms with E-state index in [1.165, 1.54) is 14.2 Å². The Hall–Kier alpha value is -1.95. The zero-order valence-corrected chi connectivity index (χ0v) is 12.5. The number of urea groups is 1. The molecule has 0 radical (unpaired) electrons.